The van der Waals surface area contributed by atoms with E-state index in [9.17, 15) is 14.3 Å². The maximum absolute atomic E-state index is 13.4. The molecule has 2 aromatic rings. The highest BCUT2D eigenvalue weighted by Crippen LogP contribution is 2.33. The Bertz CT molecular complexity index is 986. The molecule has 0 aliphatic carbocycles. The molecule has 23 heavy (non-hydrogen) atoms. The molecule has 0 fully saturated rings. The number of fused-ring (bicyclic) bond motifs is 1. The number of aromatic hydroxyl groups is 1. The van der Waals surface area contributed by atoms with Gasteiger partial charge in [0.15, 0.2) is 4.77 Å². The van der Waals surface area contributed by atoms with Gasteiger partial charge in [0.25, 0.3) is 5.56 Å². The smallest absolute Gasteiger partial charge is 0.262 e. The molecule has 0 saturated carbocycles. The van der Waals surface area contributed by atoms with E-state index in [1.807, 2.05) is 0 Å². The van der Waals surface area contributed by atoms with Gasteiger partial charge >= 0.3 is 0 Å². The summed E-state index contributed by atoms with van der Waals surface area (Å²) in [4.78, 5) is 18.7. The van der Waals surface area contributed by atoms with Gasteiger partial charge in [-0.2, -0.15) is 0 Å². The Labute approximate surface area is 135 Å². The van der Waals surface area contributed by atoms with Gasteiger partial charge in [-0.05, 0) is 36.5 Å². The molecule has 0 amide bonds. The lowest BCUT2D eigenvalue weighted by Gasteiger charge is -2.09. The van der Waals surface area contributed by atoms with Gasteiger partial charge in [-0.3, -0.25) is 19.3 Å². The average Bonchev–Trinajstić information content (AvgIpc) is 2.90. The molecule has 2 heterocycles. The van der Waals surface area contributed by atoms with Gasteiger partial charge in [-0.1, -0.05) is 6.08 Å². The summed E-state index contributed by atoms with van der Waals surface area (Å²) in [6.45, 7) is 3.83. The normalized spacial score (nSPS) is 14.2. The Balaban J connectivity index is 2.19. The fourth-order valence-corrected chi connectivity index (χ4v) is 2.59. The van der Waals surface area contributed by atoms with E-state index in [4.69, 9.17) is 12.2 Å². The largest absolute Gasteiger partial charge is 0.494 e. The van der Waals surface area contributed by atoms with E-state index in [0.29, 0.717) is 16.8 Å². The number of aromatic amines is 1. The highest BCUT2D eigenvalue weighted by Gasteiger charge is 2.16. The van der Waals surface area contributed by atoms with E-state index in [-0.39, 0.29) is 22.8 Å². The van der Waals surface area contributed by atoms with Gasteiger partial charge in [0.05, 0.1) is 5.69 Å². The molecular formula is C16H12FN3O2S. The molecule has 1 aliphatic heterocycles. The lowest BCUT2D eigenvalue weighted by Crippen LogP contribution is -2.16. The maximum Gasteiger partial charge on any atom is 0.262 e. The Hall–Kier alpha value is -2.80. The minimum atomic E-state index is -0.529. The summed E-state index contributed by atoms with van der Waals surface area (Å²) >= 11 is 5.02. The van der Waals surface area contributed by atoms with E-state index in [1.165, 1.54) is 29.0 Å². The number of aromatic nitrogens is 2. The van der Waals surface area contributed by atoms with Gasteiger partial charge < -0.3 is 5.11 Å². The summed E-state index contributed by atoms with van der Waals surface area (Å²) in [6.07, 6.45) is 4.52. The second-order valence-corrected chi connectivity index (χ2v) is 5.30. The van der Waals surface area contributed by atoms with Gasteiger partial charge in [0.1, 0.15) is 11.4 Å². The van der Waals surface area contributed by atoms with Gasteiger partial charge in [0.2, 0.25) is 5.88 Å². The fraction of sp³-hybridized carbons (Fsp3) is 0.0625. The Kier molecular flexibility index (Phi) is 3.79. The number of hydrogen-bond donors (Lipinski definition) is 2. The van der Waals surface area contributed by atoms with Crippen molar-refractivity contribution in [2.24, 2.45) is 4.99 Å². The summed E-state index contributed by atoms with van der Waals surface area (Å²) < 4.78 is 14.9. The molecular weight excluding hydrogens is 317 g/mol. The first-order valence-corrected chi connectivity index (χ1v) is 7.14. The lowest BCUT2D eigenvalue weighted by molar-refractivity contribution is 0.413. The van der Waals surface area contributed by atoms with E-state index in [2.05, 4.69) is 16.6 Å². The predicted octanol–water partition coefficient (Wildman–Crippen LogP) is 3.19. The van der Waals surface area contributed by atoms with Crippen LogP contribution >= 0.6 is 12.2 Å². The van der Waals surface area contributed by atoms with Crippen LogP contribution in [0.3, 0.4) is 0 Å². The van der Waals surface area contributed by atoms with Crippen LogP contribution in [0, 0.1) is 10.6 Å². The molecule has 0 saturated heterocycles. The van der Waals surface area contributed by atoms with Crippen LogP contribution in [0.25, 0.3) is 11.6 Å². The summed E-state index contributed by atoms with van der Waals surface area (Å²) in [5, 5.41) is 10.3. The second kappa shape index (κ2) is 5.77. The van der Waals surface area contributed by atoms with Crippen molar-refractivity contribution >= 4 is 35.8 Å². The highest BCUT2D eigenvalue weighted by molar-refractivity contribution is 7.71. The minimum absolute atomic E-state index is 0.0269. The molecule has 7 heteroatoms. The minimum Gasteiger partial charge on any atom is -0.494 e. The number of allylic oxidation sites excluding steroid dienone is 2. The molecule has 0 atom stereocenters. The van der Waals surface area contributed by atoms with E-state index >= 15 is 0 Å². The third kappa shape index (κ3) is 2.66. The van der Waals surface area contributed by atoms with Crippen LogP contribution < -0.4 is 5.56 Å². The number of nitrogens with zero attached hydrogens (tertiary/aromatic N) is 2. The molecule has 0 bridgehead atoms. The average molecular weight is 329 g/mol. The number of nitrogens with one attached hydrogen (secondary N) is 1. The molecule has 5 nitrogen and oxygen atoms in total. The van der Waals surface area contributed by atoms with Crippen LogP contribution in [-0.4, -0.2) is 20.9 Å². The zero-order valence-electron chi connectivity index (χ0n) is 11.9. The summed E-state index contributed by atoms with van der Waals surface area (Å²) in [7, 11) is 0. The monoisotopic (exact) mass is 329 g/mol. The fourth-order valence-electron chi connectivity index (χ4n) is 2.33. The van der Waals surface area contributed by atoms with Crippen molar-refractivity contribution in [3.8, 4) is 5.88 Å². The van der Waals surface area contributed by atoms with Crippen molar-refractivity contribution in [3.05, 3.63) is 62.9 Å². The zero-order chi connectivity index (χ0) is 16.6. The quantitative estimate of drug-likeness (QED) is 0.671. The lowest BCUT2D eigenvalue weighted by atomic mass is 10.0. The van der Waals surface area contributed by atoms with Crippen LogP contribution in [0.5, 0.6) is 5.88 Å². The first kappa shape index (κ1) is 15.1. The molecule has 1 aromatic heterocycles. The number of H-pyrrole nitrogens is 1. The van der Waals surface area contributed by atoms with Gasteiger partial charge in [0, 0.05) is 23.9 Å². The van der Waals surface area contributed by atoms with E-state index < -0.39 is 11.4 Å². The zero-order valence-corrected chi connectivity index (χ0v) is 12.7. The Morgan fingerprint density at radius 1 is 1.48 bits per heavy atom. The molecule has 0 unspecified atom stereocenters. The Morgan fingerprint density at radius 2 is 2.26 bits per heavy atom. The van der Waals surface area contributed by atoms with Crippen LogP contribution in [0.1, 0.15) is 11.1 Å². The number of halogens is 1. The third-order valence-electron chi connectivity index (χ3n) is 3.43. The summed E-state index contributed by atoms with van der Waals surface area (Å²) in [5.74, 6) is -0.676. The van der Waals surface area contributed by atoms with Gasteiger partial charge in [-0.15, -0.1) is 6.58 Å². The van der Waals surface area contributed by atoms with E-state index in [0.717, 1.165) is 0 Å². The van der Waals surface area contributed by atoms with Crippen molar-refractivity contribution in [2.45, 2.75) is 6.54 Å². The SMILES string of the molecule is C=CCn1c(O)c(C=C2C=Nc3ccc(F)cc32)c(=O)[nH]c1=S. The first-order chi connectivity index (χ1) is 11.0. The van der Waals surface area contributed by atoms with Gasteiger partial charge in [-0.25, -0.2) is 4.39 Å². The molecule has 0 spiro atoms. The topological polar surface area (TPSA) is 70.4 Å². The van der Waals surface area contributed by atoms with Crippen molar-refractivity contribution in [2.75, 3.05) is 0 Å². The molecule has 2 N–H and O–H groups in total. The second-order valence-electron chi connectivity index (χ2n) is 4.92. The molecule has 1 aliphatic rings. The van der Waals surface area contributed by atoms with Crippen LogP contribution in [0.2, 0.25) is 0 Å². The molecule has 1 aromatic carbocycles. The number of aliphatic imine (C=N–C) groups is 1. The van der Waals surface area contributed by atoms with E-state index in [1.54, 1.807) is 12.1 Å². The highest BCUT2D eigenvalue weighted by atomic mass is 32.1. The van der Waals surface area contributed by atoms with Crippen LogP contribution in [0.4, 0.5) is 10.1 Å². The van der Waals surface area contributed by atoms with Crippen LogP contribution in [0.15, 0.2) is 40.6 Å². The maximum atomic E-state index is 13.4. The van der Waals surface area contributed by atoms with Crippen molar-refractivity contribution in [1.29, 1.82) is 0 Å². The molecule has 116 valence electrons. The summed E-state index contributed by atoms with van der Waals surface area (Å²) in [5.41, 5.74) is 1.19. The number of hydrogen-bond acceptors (Lipinski definition) is 4. The standard InChI is InChI=1S/C16H12FN3O2S/c1-2-5-20-15(22)12(14(21)19-16(20)23)6-9-8-18-13-4-3-10(17)7-11(9)13/h2-4,6-8,22H,1,5H2,(H,19,21,23). The third-order valence-corrected chi connectivity index (χ3v) is 3.75. The van der Waals surface area contributed by atoms with Crippen molar-refractivity contribution in [3.63, 3.8) is 0 Å². The van der Waals surface area contributed by atoms with Crippen molar-refractivity contribution in [1.82, 2.24) is 9.55 Å². The summed E-state index contributed by atoms with van der Waals surface area (Å²) in [6, 6.07) is 4.20. The van der Waals surface area contributed by atoms with Crippen molar-refractivity contribution < 1.29 is 9.50 Å². The van der Waals surface area contributed by atoms with Crippen LogP contribution in [-0.2, 0) is 6.54 Å². The Morgan fingerprint density at radius 3 is 3.00 bits per heavy atom. The number of benzene rings is 1. The number of rotatable bonds is 3. The molecule has 0 radical (unpaired) electrons. The first-order valence-electron chi connectivity index (χ1n) is 6.74. The predicted molar refractivity (Wildman–Crippen MR) is 90.2 cm³/mol. The molecule has 3 rings (SSSR count).